The number of alkyl halides is 3. The number of hydrogen-bond donors (Lipinski definition) is 3. The molecule has 2 aromatic carbocycles. The van der Waals surface area contributed by atoms with E-state index in [1.54, 1.807) is 30.3 Å². The largest absolute Gasteiger partial charge is 0.480 e. The smallest absolute Gasteiger partial charge is 0.416 e. The van der Waals surface area contributed by atoms with E-state index in [0.29, 0.717) is 5.56 Å². The van der Waals surface area contributed by atoms with E-state index in [-0.39, 0.29) is 12.8 Å². The van der Waals surface area contributed by atoms with E-state index in [9.17, 15) is 27.9 Å². The van der Waals surface area contributed by atoms with Gasteiger partial charge in [-0.3, -0.25) is 4.79 Å². The van der Waals surface area contributed by atoms with Gasteiger partial charge in [0.25, 0.3) is 0 Å². The van der Waals surface area contributed by atoms with Crippen LogP contribution in [0.5, 0.6) is 0 Å². The highest BCUT2D eigenvalue weighted by molar-refractivity contribution is 5.87. The van der Waals surface area contributed by atoms with Crippen LogP contribution < -0.4 is 11.1 Å². The second-order valence-electron chi connectivity index (χ2n) is 6.09. The summed E-state index contributed by atoms with van der Waals surface area (Å²) in [6.07, 6.45) is -4.36. The van der Waals surface area contributed by atoms with Gasteiger partial charge >= 0.3 is 12.1 Å². The van der Waals surface area contributed by atoms with Crippen LogP contribution in [0.4, 0.5) is 13.2 Å². The first-order valence-electron chi connectivity index (χ1n) is 8.15. The van der Waals surface area contributed by atoms with E-state index < -0.39 is 35.7 Å². The maximum absolute atomic E-state index is 12.6. The number of amides is 1. The number of halogens is 3. The molecule has 5 nitrogen and oxygen atoms in total. The number of nitrogens with one attached hydrogen (secondary N) is 1. The zero-order valence-corrected chi connectivity index (χ0v) is 14.2. The van der Waals surface area contributed by atoms with Crippen LogP contribution in [0.2, 0.25) is 0 Å². The van der Waals surface area contributed by atoms with E-state index in [4.69, 9.17) is 5.73 Å². The fourth-order valence-electron chi connectivity index (χ4n) is 2.51. The van der Waals surface area contributed by atoms with Gasteiger partial charge in [0.1, 0.15) is 6.04 Å². The molecule has 0 radical (unpaired) electrons. The van der Waals surface area contributed by atoms with Crippen molar-refractivity contribution < 1.29 is 27.9 Å². The van der Waals surface area contributed by atoms with E-state index >= 15 is 0 Å². The first-order valence-corrected chi connectivity index (χ1v) is 8.15. The molecule has 0 aliphatic heterocycles. The molecule has 0 aliphatic rings. The molecule has 0 heterocycles. The topological polar surface area (TPSA) is 92.4 Å². The molecule has 2 aromatic rings. The SMILES string of the molecule is N[C@@H](Cc1ccc(C(F)(F)F)cc1)C(=O)N[C@@H](Cc1ccccc1)C(=O)O. The zero-order chi connectivity index (χ0) is 20.0. The summed E-state index contributed by atoms with van der Waals surface area (Å²) in [5.74, 6) is -1.88. The summed E-state index contributed by atoms with van der Waals surface area (Å²) in [5.41, 5.74) is 6.18. The van der Waals surface area contributed by atoms with Gasteiger partial charge in [0.2, 0.25) is 5.91 Å². The number of nitrogens with two attached hydrogens (primary N) is 1. The van der Waals surface area contributed by atoms with Gasteiger partial charge in [-0.25, -0.2) is 4.79 Å². The van der Waals surface area contributed by atoms with Gasteiger partial charge < -0.3 is 16.2 Å². The maximum atomic E-state index is 12.6. The number of carboxylic acids is 1. The van der Waals surface area contributed by atoms with Crippen LogP contribution >= 0.6 is 0 Å². The molecular formula is C19H19F3N2O3. The number of carbonyl (C=O) groups is 2. The van der Waals surface area contributed by atoms with Gasteiger partial charge in [-0.2, -0.15) is 13.2 Å². The summed E-state index contributed by atoms with van der Waals surface area (Å²) in [6, 6.07) is 10.9. The molecule has 0 bridgehead atoms. The van der Waals surface area contributed by atoms with Crippen molar-refractivity contribution in [1.29, 1.82) is 0 Å². The molecular weight excluding hydrogens is 361 g/mol. The lowest BCUT2D eigenvalue weighted by Crippen LogP contribution is -2.50. The lowest BCUT2D eigenvalue weighted by molar-refractivity contribution is -0.142. The van der Waals surface area contributed by atoms with Crippen LogP contribution in [0.25, 0.3) is 0 Å². The second-order valence-corrected chi connectivity index (χ2v) is 6.09. The normalized spacial score (nSPS) is 13.6. The Labute approximate surface area is 154 Å². The highest BCUT2D eigenvalue weighted by atomic mass is 19.4. The summed E-state index contributed by atoms with van der Waals surface area (Å²) < 4.78 is 37.7. The average molecular weight is 380 g/mol. The van der Waals surface area contributed by atoms with Crippen LogP contribution in [0.1, 0.15) is 16.7 Å². The van der Waals surface area contributed by atoms with Crippen LogP contribution in [0.3, 0.4) is 0 Å². The maximum Gasteiger partial charge on any atom is 0.416 e. The van der Waals surface area contributed by atoms with Gasteiger partial charge in [0, 0.05) is 6.42 Å². The first-order chi connectivity index (χ1) is 12.7. The van der Waals surface area contributed by atoms with Crippen molar-refractivity contribution in [1.82, 2.24) is 5.32 Å². The van der Waals surface area contributed by atoms with Crippen LogP contribution in [-0.2, 0) is 28.6 Å². The van der Waals surface area contributed by atoms with Gasteiger partial charge in [-0.1, -0.05) is 42.5 Å². The lowest BCUT2D eigenvalue weighted by atomic mass is 10.0. The summed E-state index contributed by atoms with van der Waals surface area (Å²) in [4.78, 5) is 23.6. The zero-order valence-electron chi connectivity index (χ0n) is 14.2. The predicted molar refractivity (Wildman–Crippen MR) is 92.8 cm³/mol. The Kier molecular flexibility index (Phi) is 6.57. The number of aliphatic carboxylic acids is 1. The molecule has 144 valence electrons. The Morgan fingerprint density at radius 2 is 1.52 bits per heavy atom. The third-order valence-corrected chi connectivity index (χ3v) is 3.97. The van der Waals surface area contributed by atoms with E-state index in [0.717, 1.165) is 17.7 Å². The Morgan fingerprint density at radius 3 is 2.04 bits per heavy atom. The average Bonchev–Trinajstić information content (AvgIpc) is 2.61. The molecule has 4 N–H and O–H groups in total. The van der Waals surface area contributed by atoms with Gasteiger partial charge in [0.05, 0.1) is 11.6 Å². The van der Waals surface area contributed by atoms with Gasteiger partial charge in [0.15, 0.2) is 0 Å². The molecule has 2 atom stereocenters. The third kappa shape index (κ3) is 6.10. The van der Waals surface area contributed by atoms with Crippen molar-refractivity contribution in [2.45, 2.75) is 31.1 Å². The minimum absolute atomic E-state index is 0.0123. The molecule has 0 aliphatic carbocycles. The third-order valence-electron chi connectivity index (χ3n) is 3.97. The number of rotatable bonds is 7. The summed E-state index contributed by atoms with van der Waals surface area (Å²) >= 11 is 0. The standard InChI is InChI=1S/C19H19F3N2O3/c20-19(21,22)14-8-6-13(7-9-14)10-15(23)17(25)24-16(18(26)27)11-12-4-2-1-3-5-12/h1-9,15-16H,10-11,23H2,(H,24,25)(H,26,27)/t15-,16-/m0/s1. The molecule has 2 rings (SSSR count). The van der Waals surface area contributed by atoms with Crippen molar-refractivity contribution in [2.24, 2.45) is 5.73 Å². The monoisotopic (exact) mass is 380 g/mol. The molecule has 0 fully saturated rings. The number of carboxylic acid groups (broad SMARTS) is 1. The van der Waals surface area contributed by atoms with Crippen molar-refractivity contribution >= 4 is 11.9 Å². The number of benzene rings is 2. The molecule has 0 aromatic heterocycles. The summed E-state index contributed by atoms with van der Waals surface area (Å²) in [6.45, 7) is 0. The Balaban J connectivity index is 1.97. The van der Waals surface area contributed by atoms with E-state index in [2.05, 4.69) is 5.32 Å². The molecule has 0 saturated carbocycles. The summed E-state index contributed by atoms with van der Waals surface area (Å²) in [7, 11) is 0. The minimum atomic E-state index is -4.44. The number of carbonyl (C=O) groups excluding carboxylic acids is 1. The van der Waals surface area contributed by atoms with Crippen molar-refractivity contribution in [2.75, 3.05) is 0 Å². The molecule has 1 amide bonds. The molecule has 8 heteroatoms. The fourth-order valence-corrected chi connectivity index (χ4v) is 2.51. The van der Waals surface area contributed by atoms with Crippen LogP contribution in [0.15, 0.2) is 54.6 Å². The molecule has 0 spiro atoms. The van der Waals surface area contributed by atoms with Crippen molar-refractivity contribution in [3.8, 4) is 0 Å². The first kappa shape index (κ1) is 20.4. The minimum Gasteiger partial charge on any atom is -0.480 e. The highest BCUT2D eigenvalue weighted by Crippen LogP contribution is 2.29. The number of hydrogen-bond acceptors (Lipinski definition) is 3. The highest BCUT2D eigenvalue weighted by Gasteiger charge is 2.30. The quantitative estimate of drug-likeness (QED) is 0.688. The molecule has 27 heavy (non-hydrogen) atoms. The molecule has 0 unspecified atom stereocenters. The van der Waals surface area contributed by atoms with E-state index in [1.165, 1.54) is 12.1 Å². The van der Waals surface area contributed by atoms with Crippen LogP contribution in [0, 0.1) is 0 Å². The lowest BCUT2D eigenvalue weighted by Gasteiger charge is -2.18. The van der Waals surface area contributed by atoms with Crippen molar-refractivity contribution in [3.05, 3.63) is 71.3 Å². The summed E-state index contributed by atoms with van der Waals surface area (Å²) in [5, 5.41) is 11.7. The Bertz CT molecular complexity index is 777. The predicted octanol–water partition coefficient (Wildman–Crippen LogP) is 2.39. The van der Waals surface area contributed by atoms with Gasteiger partial charge in [-0.15, -0.1) is 0 Å². The van der Waals surface area contributed by atoms with Gasteiger partial charge in [-0.05, 0) is 29.7 Å². The Morgan fingerprint density at radius 1 is 0.963 bits per heavy atom. The van der Waals surface area contributed by atoms with E-state index in [1.807, 2.05) is 0 Å². The van der Waals surface area contributed by atoms with Crippen molar-refractivity contribution in [3.63, 3.8) is 0 Å². The van der Waals surface area contributed by atoms with Crippen LogP contribution in [-0.4, -0.2) is 29.1 Å². The Hall–Kier alpha value is -2.87. The molecule has 0 saturated heterocycles. The fraction of sp³-hybridized carbons (Fsp3) is 0.263. The second kappa shape index (κ2) is 8.68.